The minimum absolute atomic E-state index is 0.0610. The lowest BCUT2D eigenvalue weighted by Gasteiger charge is -2.07. The Bertz CT molecular complexity index is 588. The third-order valence-corrected chi connectivity index (χ3v) is 2.45. The van der Waals surface area contributed by atoms with E-state index < -0.39 is 0 Å². The third-order valence-electron chi connectivity index (χ3n) is 2.45. The van der Waals surface area contributed by atoms with Crippen molar-refractivity contribution in [3.05, 3.63) is 46.4 Å². The van der Waals surface area contributed by atoms with Crippen molar-refractivity contribution in [3.63, 3.8) is 0 Å². The van der Waals surface area contributed by atoms with E-state index in [-0.39, 0.29) is 11.3 Å². The first kappa shape index (κ1) is 10.3. The molecule has 0 atom stereocenters. The number of anilines is 1. The van der Waals surface area contributed by atoms with Gasteiger partial charge in [0.15, 0.2) is 0 Å². The molecule has 82 valence electrons. The van der Waals surface area contributed by atoms with Gasteiger partial charge in [-0.3, -0.25) is 4.79 Å². The molecule has 1 aromatic heterocycles. The zero-order chi connectivity index (χ0) is 11.7. The number of rotatable bonds is 1. The fraction of sp³-hybridized carbons (Fsp3) is 0.0833. The van der Waals surface area contributed by atoms with Crippen LogP contribution in [0.15, 0.2) is 35.1 Å². The first-order chi connectivity index (χ1) is 7.58. The van der Waals surface area contributed by atoms with Gasteiger partial charge in [-0.15, -0.1) is 0 Å². The third kappa shape index (κ3) is 1.77. The largest absolute Gasteiger partial charge is 0.506 e. The highest BCUT2D eigenvalue weighted by molar-refractivity contribution is 5.71. The topological polar surface area (TPSA) is 79.1 Å². The predicted molar refractivity (Wildman–Crippen MR) is 63.3 cm³/mol. The maximum atomic E-state index is 11.1. The van der Waals surface area contributed by atoms with Crippen LogP contribution in [0.4, 0.5) is 5.69 Å². The van der Waals surface area contributed by atoms with Crippen LogP contribution < -0.4 is 11.3 Å². The fourth-order valence-electron chi connectivity index (χ4n) is 1.61. The minimum Gasteiger partial charge on any atom is -0.506 e. The Balaban J connectivity index is 2.59. The molecule has 0 fully saturated rings. The quantitative estimate of drug-likeness (QED) is 0.500. The molecule has 16 heavy (non-hydrogen) atoms. The van der Waals surface area contributed by atoms with E-state index in [0.29, 0.717) is 5.69 Å². The molecular weight excluding hydrogens is 204 g/mol. The first-order valence-electron chi connectivity index (χ1n) is 4.87. The lowest BCUT2D eigenvalue weighted by molar-refractivity contribution is 0.478. The van der Waals surface area contributed by atoms with Gasteiger partial charge in [0.25, 0.3) is 0 Å². The van der Waals surface area contributed by atoms with Gasteiger partial charge in [0.05, 0.1) is 5.69 Å². The number of nitrogens with one attached hydrogen (secondary N) is 1. The molecular formula is C12H12N2O2. The number of aromatic nitrogens is 1. The summed E-state index contributed by atoms with van der Waals surface area (Å²) in [6.45, 7) is 1.82. The van der Waals surface area contributed by atoms with Gasteiger partial charge >= 0.3 is 0 Å². The van der Waals surface area contributed by atoms with Gasteiger partial charge in [0.1, 0.15) is 5.75 Å². The number of aromatic hydroxyl groups is 1. The first-order valence-corrected chi connectivity index (χ1v) is 4.87. The molecule has 4 N–H and O–H groups in total. The molecule has 0 amide bonds. The normalized spacial score (nSPS) is 10.3. The van der Waals surface area contributed by atoms with Crippen molar-refractivity contribution in [3.8, 4) is 16.9 Å². The van der Waals surface area contributed by atoms with Gasteiger partial charge in [-0.2, -0.15) is 0 Å². The van der Waals surface area contributed by atoms with Crippen LogP contribution in [0.1, 0.15) is 5.69 Å². The Kier molecular flexibility index (Phi) is 2.40. The number of aromatic amines is 1. The molecule has 1 aromatic carbocycles. The molecule has 0 aliphatic rings. The van der Waals surface area contributed by atoms with Crippen molar-refractivity contribution < 1.29 is 5.11 Å². The summed E-state index contributed by atoms with van der Waals surface area (Å²) in [5.41, 5.74) is 8.34. The molecule has 2 aromatic rings. The van der Waals surface area contributed by atoms with E-state index in [1.165, 1.54) is 12.1 Å². The summed E-state index contributed by atoms with van der Waals surface area (Å²) in [5, 5.41) is 9.32. The number of hydrogen-bond donors (Lipinski definition) is 3. The number of nitrogen functional groups attached to an aromatic ring is 1. The lowest BCUT2D eigenvalue weighted by Crippen LogP contribution is -2.05. The van der Waals surface area contributed by atoms with Crippen LogP contribution in [0.5, 0.6) is 5.75 Å². The van der Waals surface area contributed by atoms with Crippen molar-refractivity contribution >= 4 is 5.69 Å². The predicted octanol–water partition coefficient (Wildman–Crippen LogP) is 1.64. The van der Waals surface area contributed by atoms with Crippen LogP contribution in [-0.2, 0) is 0 Å². The maximum Gasteiger partial charge on any atom is 0.248 e. The molecule has 0 spiro atoms. The summed E-state index contributed by atoms with van der Waals surface area (Å²) >= 11 is 0. The molecule has 4 heteroatoms. The van der Waals surface area contributed by atoms with E-state index in [9.17, 15) is 9.90 Å². The van der Waals surface area contributed by atoms with Crippen LogP contribution in [0.2, 0.25) is 0 Å². The summed E-state index contributed by atoms with van der Waals surface area (Å²) in [7, 11) is 0. The molecule has 0 aliphatic heterocycles. The molecule has 0 radical (unpaired) electrons. The smallest absolute Gasteiger partial charge is 0.248 e. The lowest BCUT2D eigenvalue weighted by atomic mass is 10.0. The SMILES string of the molecule is Cc1[nH]c(=O)ccc1-c1ccc(O)c(N)c1. The number of H-pyrrole nitrogens is 1. The number of phenolic OH excluding ortho intramolecular Hbond substituents is 1. The van der Waals surface area contributed by atoms with Crippen LogP contribution in [0, 0.1) is 6.92 Å². The molecule has 0 unspecified atom stereocenters. The maximum absolute atomic E-state index is 11.1. The van der Waals surface area contributed by atoms with E-state index >= 15 is 0 Å². The average Bonchev–Trinajstić information content (AvgIpc) is 2.22. The zero-order valence-corrected chi connectivity index (χ0v) is 8.82. The van der Waals surface area contributed by atoms with Crippen molar-refractivity contribution in [1.82, 2.24) is 4.98 Å². The van der Waals surface area contributed by atoms with Gasteiger partial charge < -0.3 is 15.8 Å². The van der Waals surface area contributed by atoms with Gasteiger partial charge in [-0.05, 0) is 30.7 Å². The number of nitrogens with two attached hydrogens (primary N) is 1. The van der Waals surface area contributed by atoms with E-state index in [1.807, 2.05) is 6.92 Å². The number of aryl methyl sites for hydroxylation is 1. The zero-order valence-electron chi connectivity index (χ0n) is 8.82. The Morgan fingerprint density at radius 1 is 1.25 bits per heavy atom. The van der Waals surface area contributed by atoms with Crippen molar-refractivity contribution in [2.24, 2.45) is 0 Å². The number of hydrogen-bond acceptors (Lipinski definition) is 3. The van der Waals surface area contributed by atoms with Gasteiger partial charge in [0.2, 0.25) is 5.56 Å². The van der Waals surface area contributed by atoms with E-state index in [0.717, 1.165) is 16.8 Å². The second-order valence-corrected chi connectivity index (χ2v) is 3.63. The molecule has 0 saturated heterocycles. The monoisotopic (exact) mass is 216 g/mol. The highest BCUT2D eigenvalue weighted by Gasteiger charge is 2.04. The van der Waals surface area contributed by atoms with Crippen molar-refractivity contribution in [2.45, 2.75) is 6.92 Å². The van der Waals surface area contributed by atoms with E-state index in [2.05, 4.69) is 4.98 Å². The molecule has 0 bridgehead atoms. The second kappa shape index (κ2) is 3.73. The second-order valence-electron chi connectivity index (χ2n) is 3.63. The molecule has 1 heterocycles. The summed E-state index contributed by atoms with van der Waals surface area (Å²) in [6.07, 6.45) is 0. The Labute approximate surface area is 92.4 Å². The minimum atomic E-state index is -0.131. The number of phenols is 1. The number of pyridine rings is 1. The summed E-state index contributed by atoms with van der Waals surface area (Å²) in [4.78, 5) is 13.8. The molecule has 4 nitrogen and oxygen atoms in total. The van der Waals surface area contributed by atoms with Crippen molar-refractivity contribution in [2.75, 3.05) is 5.73 Å². The highest BCUT2D eigenvalue weighted by atomic mass is 16.3. The van der Waals surface area contributed by atoms with Crippen LogP contribution in [0.3, 0.4) is 0 Å². The van der Waals surface area contributed by atoms with Crippen LogP contribution >= 0.6 is 0 Å². The van der Waals surface area contributed by atoms with E-state index in [4.69, 9.17) is 5.73 Å². The standard InChI is InChI=1S/C12H12N2O2/c1-7-9(3-5-12(16)14-7)8-2-4-11(15)10(13)6-8/h2-6,15H,13H2,1H3,(H,14,16). The summed E-state index contributed by atoms with van der Waals surface area (Å²) < 4.78 is 0. The van der Waals surface area contributed by atoms with E-state index in [1.54, 1.807) is 18.2 Å². The Morgan fingerprint density at radius 2 is 2.00 bits per heavy atom. The van der Waals surface area contributed by atoms with Crippen LogP contribution in [0.25, 0.3) is 11.1 Å². The van der Waals surface area contributed by atoms with Gasteiger partial charge in [-0.25, -0.2) is 0 Å². The van der Waals surface area contributed by atoms with Crippen molar-refractivity contribution in [1.29, 1.82) is 0 Å². The summed E-state index contributed by atoms with van der Waals surface area (Å²) in [6, 6.07) is 8.17. The van der Waals surface area contributed by atoms with Crippen LogP contribution in [-0.4, -0.2) is 10.1 Å². The Hall–Kier alpha value is -2.23. The van der Waals surface area contributed by atoms with Gasteiger partial charge in [-0.1, -0.05) is 6.07 Å². The fourth-order valence-corrected chi connectivity index (χ4v) is 1.61. The Morgan fingerprint density at radius 3 is 2.62 bits per heavy atom. The highest BCUT2D eigenvalue weighted by Crippen LogP contribution is 2.28. The molecule has 0 saturated carbocycles. The summed E-state index contributed by atoms with van der Waals surface area (Å²) in [5.74, 6) is 0.0610. The number of benzene rings is 1. The van der Waals surface area contributed by atoms with Gasteiger partial charge in [0, 0.05) is 17.3 Å². The average molecular weight is 216 g/mol. The molecule has 0 aliphatic carbocycles. The molecule has 2 rings (SSSR count).